The van der Waals surface area contributed by atoms with Crippen molar-refractivity contribution in [3.05, 3.63) is 78.9 Å². The average molecular weight is 433 g/mol. The molecule has 7 nitrogen and oxygen atoms in total. The Morgan fingerprint density at radius 3 is 2.48 bits per heavy atom. The third-order valence-corrected chi connectivity index (χ3v) is 5.42. The SMILES string of the molecule is COc1ccccc1-n1c(SCC(=O)Nc2ccccc2)nnc1-c1ccccc1O. The minimum Gasteiger partial charge on any atom is -0.507 e. The van der Waals surface area contributed by atoms with Crippen molar-refractivity contribution in [1.82, 2.24) is 14.8 Å². The van der Waals surface area contributed by atoms with E-state index in [4.69, 9.17) is 4.74 Å². The lowest BCUT2D eigenvalue weighted by Crippen LogP contribution is -2.14. The first-order valence-corrected chi connectivity index (χ1v) is 10.5. The molecule has 0 atom stereocenters. The number of aromatic nitrogens is 3. The second kappa shape index (κ2) is 9.36. The van der Waals surface area contributed by atoms with Crippen LogP contribution >= 0.6 is 11.8 Å². The molecular formula is C23H20N4O3S. The summed E-state index contributed by atoms with van der Waals surface area (Å²) in [7, 11) is 1.59. The van der Waals surface area contributed by atoms with E-state index in [9.17, 15) is 9.90 Å². The second-order valence-electron chi connectivity index (χ2n) is 6.53. The Hall–Kier alpha value is -3.78. The van der Waals surface area contributed by atoms with Crippen LogP contribution in [0.5, 0.6) is 11.5 Å². The molecule has 0 spiro atoms. The number of carbonyl (C=O) groups is 1. The van der Waals surface area contributed by atoms with Crippen molar-refractivity contribution in [3.63, 3.8) is 0 Å². The molecule has 31 heavy (non-hydrogen) atoms. The van der Waals surface area contributed by atoms with Gasteiger partial charge in [0, 0.05) is 5.69 Å². The molecule has 0 aliphatic heterocycles. The quantitative estimate of drug-likeness (QED) is 0.421. The van der Waals surface area contributed by atoms with Crippen LogP contribution in [0, 0.1) is 0 Å². The number of aromatic hydroxyl groups is 1. The zero-order valence-corrected chi connectivity index (χ0v) is 17.5. The Bertz CT molecular complexity index is 1190. The number of ether oxygens (including phenoxy) is 1. The second-order valence-corrected chi connectivity index (χ2v) is 7.48. The molecule has 2 N–H and O–H groups in total. The van der Waals surface area contributed by atoms with Gasteiger partial charge in [0.25, 0.3) is 0 Å². The van der Waals surface area contributed by atoms with Crippen LogP contribution in [0.25, 0.3) is 17.1 Å². The van der Waals surface area contributed by atoms with E-state index in [1.807, 2.05) is 60.7 Å². The lowest BCUT2D eigenvalue weighted by atomic mass is 10.2. The third-order valence-electron chi connectivity index (χ3n) is 4.49. The summed E-state index contributed by atoms with van der Waals surface area (Å²) in [6, 6.07) is 23.6. The Kier molecular flexibility index (Phi) is 6.18. The van der Waals surface area contributed by atoms with Crippen LogP contribution in [0.1, 0.15) is 0 Å². The van der Waals surface area contributed by atoms with Gasteiger partial charge in [-0.05, 0) is 36.4 Å². The van der Waals surface area contributed by atoms with Crippen molar-refractivity contribution in [3.8, 4) is 28.6 Å². The van der Waals surface area contributed by atoms with Gasteiger partial charge in [-0.25, -0.2) is 0 Å². The normalized spacial score (nSPS) is 10.6. The number of hydrogen-bond acceptors (Lipinski definition) is 6. The highest BCUT2D eigenvalue weighted by atomic mass is 32.2. The summed E-state index contributed by atoms with van der Waals surface area (Å²) in [4.78, 5) is 12.4. The first-order chi connectivity index (χ1) is 15.2. The molecule has 3 aromatic carbocycles. The number of phenolic OH excluding ortho intramolecular Hbond substituents is 1. The van der Waals surface area contributed by atoms with E-state index in [-0.39, 0.29) is 17.4 Å². The number of nitrogens with zero attached hydrogens (tertiary/aromatic N) is 3. The Morgan fingerprint density at radius 1 is 1.00 bits per heavy atom. The number of anilines is 1. The summed E-state index contributed by atoms with van der Waals surface area (Å²) in [5, 5.41) is 22.3. The zero-order chi connectivity index (χ0) is 21.6. The van der Waals surface area contributed by atoms with Crippen molar-refractivity contribution in [1.29, 1.82) is 0 Å². The highest BCUT2D eigenvalue weighted by molar-refractivity contribution is 7.99. The fourth-order valence-electron chi connectivity index (χ4n) is 3.08. The van der Waals surface area contributed by atoms with Crippen LogP contribution in [0.4, 0.5) is 5.69 Å². The van der Waals surface area contributed by atoms with Crippen LogP contribution in [-0.2, 0) is 4.79 Å². The molecule has 0 unspecified atom stereocenters. The molecule has 4 rings (SSSR count). The molecule has 8 heteroatoms. The molecule has 0 aliphatic rings. The van der Waals surface area contributed by atoms with E-state index in [0.29, 0.717) is 28.0 Å². The number of nitrogens with one attached hydrogen (secondary N) is 1. The molecule has 0 saturated carbocycles. The standard InChI is InChI=1S/C23H20N4O3S/c1-30-20-14-8-6-12-18(20)27-22(17-11-5-7-13-19(17)28)25-26-23(27)31-15-21(29)24-16-9-3-2-4-10-16/h2-14,28H,15H2,1H3,(H,24,29). The fourth-order valence-corrected chi connectivity index (χ4v) is 3.83. The minimum atomic E-state index is -0.158. The van der Waals surface area contributed by atoms with Crippen molar-refractivity contribution in [2.24, 2.45) is 0 Å². The molecule has 0 bridgehead atoms. The van der Waals surface area contributed by atoms with Gasteiger partial charge in [-0.2, -0.15) is 0 Å². The van der Waals surface area contributed by atoms with Gasteiger partial charge in [0.1, 0.15) is 11.5 Å². The predicted octanol–water partition coefficient (Wildman–Crippen LogP) is 4.38. The monoisotopic (exact) mass is 432 g/mol. The molecule has 1 aromatic heterocycles. The zero-order valence-electron chi connectivity index (χ0n) is 16.7. The number of rotatable bonds is 7. The number of methoxy groups -OCH3 is 1. The third kappa shape index (κ3) is 4.54. The largest absolute Gasteiger partial charge is 0.507 e. The molecule has 156 valence electrons. The summed E-state index contributed by atoms with van der Waals surface area (Å²) < 4.78 is 7.31. The Balaban J connectivity index is 1.68. The number of phenols is 1. The van der Waals surface area contributed by atoms with Gasteiger partial charge in [-0.3, -0.25) is 9.36 Å². The summed E-state index contributed by atoms with van der Waals surface area (Å²) in [5.41, 5.74) is 1.97. The number of para-hydroxylation sites is 4. The van der Waals surface area contributed by atoms with Crippen molar-refractivity contribution in [2.45, 2.75) is 5.16 Å². The topological polar surface area (TPSA) is 89.3 Å². The van der Waals surface area contributed by atoms with Gasteiger partial charge in [0.2, 0.25) is 5.91 Å². The van der Waals surface area contributed by atoms with Crippen LogP contribution in [-0.4, -0.2) is 38.6 Å². The maximum absolute atomic E-state index is 12.4. The first-order valence-electron chi connectivity index (χ1n) is 9.52. The molecule has 1 heterocycles. The summed E-state index contributed by atoms with van der Waals surface area (Å²) in [5.74, 6) is 1.14. The van der Waals surface area contributed by atoms with E-state index < -0.39 is 0 Å². The smallest absolute Gasteiger partial charge is 0.234 e. The highest BCUT2D eigenvalue weighted by Gasteiger charge is 2.21. The van der Waals surface area contributed by atoms with Gasteiger partial charge in [-0.15, -0.1) is 10.2 Å². The maximum Gasteiger partial charge on any atom is 0.234 e. The van der Waals surface area contributed by atoms with Gasteiger partial charge >= 0.3 is 0 Å². The van der Waals surface area contributed by atoms with Crippen molar-refractivity contribution < 1.29 is 14.6 Å². The van der Waals surface area contributed by atoms with E-state index >= 15 is 0 Å². The molecule has 0 saturated heterocycles. The van der Waals surface area contributed by atoms with E-state index in [2.05, 4.69) is 15.5 Å². The number of amides is 1. The molecule has 0 aliphatic carbocycles. The lowest BCUT2D eigenvalue weighted by Gasteiger charge is -2.14. The van der Waals surface area contributed by atoms with Gasteiger partial charge in [-0.1, -0.05) is 54.2 Å². The molecule has 1 amide bonds. The Morgan fingerprint density at radius 2 is 1.71 bits per heavy atom. The molecule has 0 fully saturated rings. The maximum atomic E-state index is 12.4. The van der Waals surface area contributed by atoms with E-state index in [1.54, 1.807) is 29.9 Å². The van der Waals surface area contributed by atoms with E-state index in [1.165, 1.54) is 11.8 Å². The number of carbonyl (C=O) groups excluding carboxylic acids is 1. The fraction of sp³-hybridized carbons (Fsp3) is 0.0870. The summed E-state index contributed by atoms with van der Waals surface area (Å²) >= 11 is 1.25. The van der Waals surface area contributed by atoms with Gasteiger partial charge in [0.15, 0.2) is 11.0 Å². The number of hydrogen-bond donors (Lipinski definition) is 2. The van der Waals surface area contributed by atoms with Crippen molar-refractivity contribution >= 4 is 23.4 Å². The minimum absolute atomic E-state index is 0.0874. The number of thioether (sulfide) groups is 1. The highest BCUT2D eigenvalue weighted by Crippen LogP contribution is 2.35. The molecular weight excluding hydrogens is 412 g/mol. The molecule has 0 radical (unpaired) electrons. The van der Waals surface area contributed by atoms with Crippen LogP contribution in [0.2, 0.25) is 0 Å². The van der Waals surface area contributed by atoms with E-state index in [0.717, 1.165) is 5.69 Å². The molecule has 4 aromatic rings. The predicted molar refractivity (Wildman–Crippen MR) is 121 cm³/mol. The lowest BCUT2D eigenvalue weighted by molar-refractivity contribution is -0.113. The van der Waals surface area contributed by atoms with Crippen LogP contribution in [0.15, 0.2) is 84.0 Å². The number of benzene rings is 3. The van der Waals surface area contributed by atoms with Crippen LogP contribution < -0.4 is 10.1 Å². The van der Waals surface area contributed by atoms with Crippen LogP contribution in [0.3, 0.4) is 0 Å². The summed E-state index contributed by atoms with van der Waals surface area (Å²) in [6.45, 7) is 0. The first kappa shape index (κ1) is 20.5. The summed E-state index contributed by atoms with van der Waals surface area (Å²) in [6.07, 6.45) is 0. The van der Waals surface area contributed by atoms with Gasteiger partial charge < -0.3 is 15.2 Å². The van der Waals surface area contributed by atoms with Gasteiger partial charge in [0.05, 0.1) is 24.1 Å². The average Bonchev–Trinajstić information content (AvgIpc) is 3.22. The van der Waals surface area contributed by atoms with Crippen molar-refractivity contribution in [2.75, 3.05) is 18.2 Å². The Labute approximate surface area is 183 Å².